The number of fused-ring (bicyclic) bond motifs is 1. The second-order valence-corrected chi connectivity index (χ2v) is 8.00. The third kappa shape index (κ3) is 4.36. The molecule has 1 saturated heterocycles. The number of aromatic nitrogens is 4. The Morgan fingerprint density at radius 2 is 2.12 bits per heavy atom. The van der Waals surface area contributed by atoms with Gasteiger partial charge in [-0.3, -0.25) is 9.36 Å². The fourth-order valence-electron chi connectivity index (χ4n) is 3.07. The molecule has 9 nitrogen and oxygen atoms in total. The van der Waals surface area contributed by atoms with E-state index in [2.05, 4.69) is 25.6 Å². The molecule has 0 unspecified atom stereocenters. The predicted molar refractivity (Wildman–Crippen MR) is 112 cm³/mol. The molecule has 4 heterocycles. The van der Waals surface area contributed by atoms with E-state index in [1.54, 1.807) is 16.7 Å². The number of nitriles is 1. The van der Waals surface area contributed by atoms with Gasteiger partial charge in [0.25, 0.3) is 5.91 Å². The van der Waals surface area contributed by atoms with Crippen molar-refractivity contribution in [3.8, 4) is 11.9 Å². The summed E-state index contributed by atoms with van der Waals surface area (Å²) in [4.78, 5) is 25.6. The van der Waals surface area contributed by atoms with Crippen molar-refractivity contribution in [3.05, 3.63) is 42.0 Å². The number of halogens is 2. The minimum absolute atomic E-state index is 0.00587. The standard InChI is InChI=1S/C21H21F2N7O2/c1-21(2,23)17(22)8-27-20(31)14-7-25-18(4-15(14)29-13-9-32-10-13)30-11-28-16-3-12(5-24)6-26-19(16)30/h3-4,6-7,11,13,17H,8-10H2,1-2H3,(H,25,29)(H,27,31)/t17-/m1/s1. The molecule has 0 aliphatic carbocycles. The lowest BCUT2D eigenvalue weighted by Gasteiger charge is -2.29. The fourth-order valence-corrected chi connectivity index (χ4v) is 3.07. The Labute approximate surface area is 182 Å². The van der Waals surface area contributed by atoms with E-state index in [1.807, 2.05) is 6.07 Å². The molecule has 0 spiro atoms. The van der Waals surface area contributed by atoms with Gasteiger partial charge in [-0.1, -0.05) is 0 Å². The molecule has 1 aliphatic heterocycles. The molecular formula is C21H21F2N7O2. The Kier molecular flexibility index (Phi) is 5.71. The second kappa shape index (κ2) is 8.47. The number of ether oxygens (including phenoxy) is 1. The van der Waals surface area contributed by atoms with Gasteiger partial charge in [-0.25, -0.2) is 23.7 Å². The van der Waals surface area contributed by atoms with E-state index in [1.165, 1.54) is 18.7 Å². The summed E-state index contributed by atoms with van der Waals surface area (Å²) in [6, 6.07) is 5.29. The zero-order chi connectivity index (χ0) is 22.9. The number of carbonyl (C=O) groups is 1. The summed E-state index contributed by atoms with van der Waals surface area (Å²) in [6.07, 6.45) is 2.47. The fraction of sp³-hybridized carbons (Fsp3) is 0.381. The van der Waals surface area contributed by atoms with Gasteiger partial charge < -0.3 is 15.4 Å². The number of hydrogen-bond donors (Lipinski definition) is 2. The van der Waals surface area contributed by atoms with Crippen molar-refractivity contribution < 1.29 is 18.3 Å². The predicted octanol–water partition coefficient (Wildman–Crippen LogP) is 2.31. The highest BCUT2D eigenvalue weighted by molar-refractivity contribution is 5.99. The van der Waals surface area contributed by atoms with Crippen molar-refractivity contribution in [2.24, 2.45) is 0 Å². The summed E-state index contributed by atoms with van der Waals surface area (Å²) in [7, 11) is 0. The molecule has 0 radical (unpaired) electrons. The van der Waals surface area contributed by atoms with Crippen LogP contribution in [-0.4, -0.2) is 63.1 Å². The number of nitrogens with zero attached hydrogens (tertiary/aromatic N) is 5. The summed E-state index contributed by atoms with van der Waals surface area (Å²) in [6.45, 7) is 2.73. The second-order valence-electron chi connectivity index (χ2n) is 8.00. The van der Waals surface area contributed by atoms with E-state index in [4.69, 9.17) is 10.00 Å². The van der Waals surface area contributed by atoms with Crippen LogP contribution in [0.2, 0.25) is 0 Å². The van der Waals surface area contributed by atoms with E-state index in [-0.39, 0.29) is 11.6 Å². The molecule has 0 saturated carbocycles. The van der Waals surface area contributed by atoms with Crippen molar-refractivity contribution in [1.82, 2.24) is 24.8 Å². The Morgan fingerprint density at radius 3 is 2.78 bits per heavy atom. The maximum atomic E-state index is 13.9. The molecule has 1 atom stereocenters. The number of rotatable bonds is 7. The summed E-state index contributed by atoms with van der Waals surface area (Å²) in [5.74, 6) is -0.136. The Balaban J connectivity index is 1.64. The van der Waals surface area contributed by atoms with Gasteiger partial charge in [0.15, 0.2) is 11.8 Å². The topological polar surface area (TPSA) is 118 Å². The molecule has 1 amide bonds. The van der Waals surface area contributed by atoms with Crippen molar-refractivity contribution in [1.29, 1.82) is 5.26 Å². The first kappa shape index (κ1) is 21.6. The minimum Gasteiger partial charge on any atom is -0.377 e. The summed E-state index contributed by atoms with van der Waals surface area (Å²) in [5.41, 5.74) is -0.00675. The number of alkyl halides is 2. The zero-order valence-corrected chi connectivity index (χ0v) is 17.5. The quantitative estimate of drug-likeness (QED) is 0.578. The third-order valence-corrected chi connectivity index (χ3v) is 5.08. The minimum atomic E-state index is -2.07. The summed E-state index contributed by atoms with van der Waals surface area (Å²) in [5, 5.41) is 14.7. The number of anilines is 1. The van der Waals surface area contributed by atoms with Crippen molar-refractivity contribution in [2.75, 3.05) is 25.1 Å². The van der Waals surface area contributed by atoms with Crippen LogP contribution in [0.5, 0.6) is 0 Å². The lowest BCUT2D eigenvalue weighted by molar-refractivity contribution is 0.0210. The van der Waals surface area contributed by atoms with Gasteiger partial charge in [0.2, 0.25) is 0 Å². The monoisotopic (exact) mass is 441 g/mol. The van der Waals surface area contributed by atoms with Crippen molar-refractivity contribution in [2.45, 2.75) is 31.7 Å². The first-order valence-corrected chi connectivity index (χ1v) is 9.95. The lowest BCUT2D eigenvalue weighted by atomic mass is 10.1. The van der Waals surface area contributed by atoms with Crippen molar-refractivity contribution in [3.63, 3.8) is 0 Å². The normalized spacial score (nSPS) is 15.1. The van der Waals surface area contributed by atoms with E-state index < -0.39 is 24.3 Å². The molecule has 3 aromatic rings. The lowest BCUT2D eigenvalue weighted by Crippen LogP contribution is -2.42. The molecule has 2 N–H and O–H groups in total. The van der Waals surface area contributed by atoms with Crippen LogP contribution in [0.15, 0.2) is 30.9 Å². The maximum absolute atomic E-state index is 13.9. The van der Waals surface area contributed by atoms with Crippen LogP contribution in [0, 0.1) is 11.3 Å². The van der Waals surface area contributed by atoms with Gasteiger partial charge in [0.05, 0.1) is 42.6 Å². The van der Waals surface area contributed by atoms with Crippen LogP contribution in [0.1, 0.15) is 29.8 Å². The zero-order valence-electron chi connectivity index (χ0n) is 17.5. The van der Waals surface area contributed by atoms with Gasteiger partial charge in [0.1, 0.15) is 29.4 Å². The first-order valence-electron chi connectivity index (χ1n) is 9.95. The van der Waals surface area contributed by atoms with Crippen LogP contribution in [-0.2, 0) is 4.74 Å². The summed E-state index contributed by atoms with van der Waals surface area (Å²) >= 11 is 0. The number of pyridine rings is 2. The highest BCUT2D eigenvalue weighted by atomic mass is 19.2. The molecule has 11 heteroatoms. The molecule has 3 aromatic heterocycles. The van der Waals surface area contributed by atoms with E-state index in [9.17, 15) is 13.6 Å². The molecule has 1 fully saturated rings. The number of amides is 1. The number of nitrogens with one attached hydrogen (secondary N) is 2. The van der Waals surface area contributed by atoms with Gasteiger partial charge >= 0.3 is 0 Å². The highest BCUT2D eigenvalue weighted by Gasteiger charge is 2.30. The Hall–Kier alpha value is -3.65. The molecule has 1 aliphatic rings. The molecule has 32 heavy (non-hydrogen) atoms. The van der Waals surface area contributed by atoms with Gasteiger partial charge in [-0.2, -0.15) is 5.26 Å². The average Bonchev–Trinajstić information content (AvgIpc) is 3.16. The van der Waals surface area contributed by atoms with Crippen LogP contribution >= 0.6 is 0 Å². The molecule has 0 aromatic carbocycles. The number of imidazole rings is 1. The van der Waals surface area contributed by atoms with E-state index >= 15 is 0 Å². The smallest absolute Gasteiger partial charge is 0.255 e. The van der Waals surface area contributed by atoms with Crippen LogP contribution in [0.4, 0.5) is 14.5 Å². The van der Waals surface area contributed by atoms with Crippen LogP contribution in [0.25, 0.3) is 17.0 Å². The van der Waals surface area contributed by atoms with Gasteiger partial charge in [-0.05, 0) is 19.9 Å². The first-order chi connectivity index (χ1) is 15.3. The summed E-state index contributed by atoms with van der Waals surface area (Å²) < 4.78 is 34.5. The Morgan fingerprint density at radius 1 is 1.34 bits per heavy atom. The van der Waals surface area contributed by atoms with Gasteiger partial charge in [0, 0.05) is 18.5 Å². The molecule has 166 valence electrons. The van der Waals surface area contributed by atoms with E-state index in [0.717, 1.165) is 13.8 Å². The molecule has 4 rings (SSSR count). The van der Waals surface area contributed by atoms with Crippen molar-refractivity contribution >= 4 is 22.8 Å². The van der Waals surface area contributed by atoms with Crippen LogP contribution < -0.4 is 10.6 Å². The maximum Gasteiger partial charge on any atom is 0.255 e. The molecular weight excluding hydrogens is 420 g/mol. The Bertz CT molecular complexity index is 1200. The SMILES string of the molecule is CC(C)(F)[C@H](F)CNC(=O)c1cnc(-n2cnc3cc(C#N)cnc32)cc1NC1COC1. The highest BCUT2D eigenvalue weighted by Crippen LogP contribution is 2.24. The molecule has 0 bridgehead atoms. The average molecular weight is 441 g/mol. The third-order valence-electron chi connectivity index (χ3n) is 5.08. The van der Waals surface area contributed by atoms with Gasteiger partial charge in [-0.15, -0.1) is 0 Å². The largest absolute Gasteiger partial charge is 0.377 e. The van der Waals surface area contributed by atoms with E-state index in [0.29, 0.717) is 41.4 Å². The van der Waals surface area contributed by atoms with Crippen LogP contribution in [0.3, 0.4) is 0 Å². The number of carbonyl (C=O) groups excluding carboxylic acids is 1. The number of hydrogen-bond acceptors (Lipinski definition) is 7.